The van der Waals surface area contributed by atoms with Gasteiger partial charge in [-0.3, -0.25) is 19.7 Å². The van der Waals surface area contributed by atoms with Crippen LogP contribution in [0.4, 0.5) is 17.1 Å². The van der Waals surface area contributed by atoms with Crippen molar-refractivity contribution < 1.29 is 19.2 Å². The Kier molecular flexibility index (Phi) is 5.07. The maximum absolute atomic E-state index is 12.5. The van der Waals surface area contributed by atoms with Crippen molar-refractivity contribution in [2.75, 3.05) is 23.9 Å². The largest absolute Gasteiger partial charge is 0.497 e. The molecule has 0 radical (unpaired) electrons. The van der Waals surface area contributed by atoms with Crippen LogP contribution in [0.25, 0.3) is 0 Å². The van der Waals surface area contributed by atoms with Crippen LogP contribution in [0, 0.1) is 23.0 Å². The van der Waals surface area contributed by atoms with Crippen molar-refractivity contribution >= 4 is 28.9 Å². The van der Waals surface area contributed by atoms with Crippen molar-refractivity contribution in [1.29, 1.82) is 0 Å². The molecule has 0 aliphatic carbocycles. The van der Waals surface area contributed by atoms with E-state index in [0.717, 1.165) is 0 Å². The second kappa shape index (κ2) is 7.45. The van der Waals surface area contributed by atoms with Crippen molar-refractivity contribution in [3.05, 3.63) is 58.1 Å². The van der Waals surface area contributed by atoms with E-state index in [1.54, 1.807) is 43.3 Å². The smallest absolute Gasteiger partial charge is 0.274 e. The summed E-state index contributed by atoms with van der Waals surface area (Å²) in [6.07, 6.45) is 0.0531. The quantitative estimate of drug-likeness (QED) is 0.645. The molecule has 1 fully saturated rings. The molecule has 27 heavy (non-hydrogen) atoms. The summed E-state index contributed by atoms with van der Waals surface area (Å²) < 4.78 is 5.13. The minimum absolute atomic E-state index is 0.0513. The number of benzene rings is 2. The number of aryl methyl sites for hydroxylation is 1. The van der Waals surface area contributed by atoms with Gasteiger partial charge in [-0.25, -0.2) is 0 Å². The average molecular weight is 369 g/mol. The van der Waals surface area contributed by atoms with Crippen molar-refractivity contribution in [2.45, 2.75) is 13.3 Å². The molecule has 0 unspecified atom stereocenters. The average Bonchev–Trinajstić information content (AvgIpc) is 3.04. The molecule has 2 aromatic rings. The second-order valence-electron chi connectivity index (χ2n) is 6.35. The summed E-state index contributed by atoms with van der Waals surface area (Å²) in [5, 5.41) is 13.9. The Balaban J connectivity index is 1.74. The van der Waals surface area contributed by atoms with Gasteiger partial charge >= 0.3 is 0 Å². The summed E-state index contributed by atoms with van der Waals surface area (Å²) in [7, 11) is 1.54. The van der Waals surface area contributed by atoms with Crippen LogP contribution in [-0.4, -0.2) is 30.4 Å². The number of amides is 2. The lowest BCUT2D eigenvalue weighted by Gasteiger charge is -2.17. The molecule has 0 bridgehead atoms. The Morgan fingerprint density at radius 3 is 2.78 bits per heavy atom. The van der Waals surface area contributed by atoms with Crippen LogP contribution in [0.2, 0.25) is 0 Å². The summed E-state index contributed by atoms with van der Waals surface area (Å²) >= 11 is 0. The lowest BCUT2D eigenvalue weighted by molar-refractivity contribution is -0.385. The molecule has 8 heteroatoms. The molecule has 1 aliphatic rings. The lowest BCUT2D eigenvalue weighted by Crippen LogP contribution is -2.28. The Bertz CT molecular complexity index is 912. The van der Waals surface area contributed by atoms with E-state index < -0.39 is 10.8 Å². The third-order valence-corrected chi connectivity index (χ3v) is 4.53. The molecular weight excluding hydrogens is 350 g/mol. The third kappa shape index (κ3) is 3.89. The Morgan fingerprint density at radius 1 is 1.30 bits per heavy atom. The molecule has 2 amide bonds. The van der Waals surface area contributed by atoms with E-state index in [1.807, 2.05) is 0 Å². The molecule has 1 aliphatic heterocycles. The number of carbonyl (C=O) groups is 2. The van der Waals surface area contributed by atoms with Gasteiger partial charge in [-0.1, -0.05) is 12.1 Å². The molecular formula is C19H19N3O5. The maximum atomic E-state index is 12.5. The van der Waals surface area contributed by atoms with Crippen molar-refractivity contribution in [3.63, 3.8) is 0 Å². The number of hydrogen-bond acceptors (Lipinski definition) is 5. The number of nitrogens with zero attached hydrogens (tertiary/aromatic N) is 2. The van der Waals surface area contributed by atoms with Gasteiger partial charge in [0.25, 0.3) is 5.69 Å². The molecule has 1 N–H and O–H groups in total. The summed E-state index contributed by atoms with van der Waals surface area (Å²) in [5.41, 5.74) is 1.47. The first-order chi connectivity index (χ1) is 12.9. The van der Waals surface area contributed by atoms with E-state index in [9.17, 15) is 19.7 Å². The SMILES string of the molecule is COc1cccc(NC(=O)[C@@H]2CC(=O)N(c3ccc(C)c([N+](=O)[O-])c3)C2)c1. The molecule has 1 atom stereocenters. The lowest BCUT2D eigenvalue weighted by atomic mass is 10.1. The van der Waals surface area contributed by atoms with Gasteiger partial charge in [0.2, 0.25) is 11.8 Å². The second-order valence-corrected chi connectivity index (χ2v) is 6.35. The number of carbonyl (C=O) groups excluding carboxylic acids is 2. The molecule has 0 saturated carbocycles. The van der Waals surface area contributed by atoms with E-state index in [0.29, 0.717) is 22.7 Å². The van der Waals surface area contributed by atoms with Gasteiger partial charge in [-0.15, -0.1) is 0 Å². The van der Waals surface area contributed by atoms with E-state index in [-0.39, 0.29) is 30.5 Å². The minimum Gasteiger partial charge on any atom is -0.497 e. The molecule has 0 aromatic heterocycles. The van der Waals surface area contributed by atoms with Gasteiger partial charge in [0.15, 0.2) is 0 Å². The number of rotatable bonds is 5. The maximum Gasteiger partial charge on any atom is 0.274 e. The van der Waals surface area contributed by atoms with Crippen LogP contribution in [0.15, 0.2) is 42.5 Å². The highest BCUT2D eigenvalue weighted by molar-refractivity contribution is 6.03. The third-order valence-electron chi connectivity index (χ3n) is 4.53. The van der Waals surface area contributed by atoms with Crippen LogP contribution < -0.4 is 15.0 Å². The molecule has 3 rings (SSSR count). The normalized spacial score (nSPS) is 16.3. The van der Waals surface area contributed by atoms with Crippen molar-refractivity contribution in [1.82, 2.24) is 0 Å². The van der Waals surface area contributed by atoms with Gasteiger partial charge < -0.3 is 15.0 Å². The molecule has 2 aromatic carbocycles. The van der Waals surface area contributed by atoms with E-state index >= 15 is 0 Å². The van der Waals surface area contributed by atoms with Crippen LogP contribution in [0.1, 0.15) is 12.0 Å². The minimum atomic E-state index is -0.538. The van der Waals surface area contributed by atoms with Crippen LogP contribution in [-0.2, 0) is 9.59 Å². The van der Waals surface area contributed by atoms with Gasteiger partial charge in [0.05, 0.1) is 23.6 Å². The highest BCUT2D eigenvalue weighted by atomic mass is 16.6. The Labute approximate surface area is 155 Å². The molecule has 1 saturated heterocycles. The number of nitro benzene ring substituents is 1. The van der Waals surface area contributed by atoms with Crippen LogP contribution in [0.3, 0.4) is 0 Å². The molecule has 8 nitrogen and oxygen atoms in total. The van der Waals surface area contributed by atoms with Gasteiger partial charge in [-0.2, -0.15) is 0 Å². The number of ether oxygens (including phenoxy) is 1. The number of nitrogens with one attached hydrogen (secondary N) is 1. The first-order valence-corrected chi connectivity index (χ1v) is 8.39. The zero-order chi connectivity index (χ0) is 19.6. The monoisotopic (exact) mass is 369 g/mol. The van der Waals surface area contributed by atoms with E-state index in [1.165, 1.54) is 18.1 Å². The fraction of sp³-hybridized carbons (Fsp3) is 0.263. The van der Waals surface area contributed by atoms with E-state index in [4.69, 9.17) is 4.74 Å². The molecule has 140 valence electrons. The predicted molar refractivity (Wildman–Crippen MR) is 99.9 cm³/mol. The zero-order valence-electron chi connectivity index (χ0n) is 15.0. The van der Waals surface area contributed by atoms with Crippen LogP contribution >= 0.6 is 0 Å². The number of nitro groups is 1. The molecule has 0 spiro atoms. The fourth-order valence-corrected chi connectivity index (χ4v) is 3.04. The summed E-state index contributed by atoms with van der Waals surface area (Å²) in [4.78, 5) is 37.0. The summed E-state index contributed by atoms with van der Waals surface area (Å²) in [6.45, 7) is 1.81. The van der Waals surface area contributed by atoms with E-state index in [2.05, 4.69) is 5.32 Å². The van der Waals surface area contributed by atoms with Gasteiger partial charge in [0, 0.05) is 36.3 Å². The van der Waals surface area contributed by atoms with Crippen molar-refractivity contribution in [2.24, 2.45) is 5.92 Å². The highest BCUT2D eigenvalue weighted by Crippen LogP contribution is 2.30. The van der Waals surface area contributed by atoms with Crippen molar-refractivity contribution in [3.8, 4) is 5.75 Å². The predicted octanol–water partition coefficient (Wildman–Crippen LogP) is 2.90. The molecule has 1 heterocycles. The fourth-order valence-electron chi connectivity index (χ4n) is 3.04. The highest BCUT2D eigenvalue weighted by Gasteiger charge is 2.35. The number of anilines is 2. The Hall–Kier alpha value is -3.42. The standard InChI is InChI=1S/C19H19N3O5/c1-12-6-7-15(10-17(12)22(25)26)21-11-13(8-18(21)23)19(24)20-14-4-3-5-16(9-14)27-2/h3-7,9-10,13H,8,11H2,1-2H3,(H,20,24)/t13-/m1/s1. The number of methoxy groups -OCH3 is 1. The van der Waals surface area contributed by atoms with Gasteiger partial charge in [0.1, 0.15) is 5.75 Å². The zero-order valence-corrected chi connectivity index (χ0v) is 15.0. The Morgan fingerprint density at radius 2 is 2.07 bits per heavy atom. The topological polar surface area (TPSA) is 102 Å². The number of hydrogen-bond donors (Lipinski definition) is 1. The summed E-state index contributed by atoms with van der Waals surface area (Å²) in [6, 6.07) is 11.6. The van der Waals surface area contributed by atoms with Gasteiger partial charge in [-0.05, 0) is 25.1 Å². The first kappa shape index (κ1) is 18.4. The summed E-state index contributed by atoms with van der Waals surface area (Å²) in [5.74, 6) is -0.437. The van der Waals surface area contributed by atoms with Crippen LogP contribution in [0.5, 0.6) is 5.75 Å². The first-order valence-electron chi connectivity index (χ1n) is 8.39.